The lowest BCUT2D eigenvalue weighted by Crippen LogP contribution is -3.00. The summed E-state index contributed by atoms with van der Waals surface area (Å²) < 4.78 is 1.46. The van der Waals surface area contributed by atoms with E-state index in [9.17, 15) is 0 Å². The van der Waals surface area contributed by atoms with Crippen LogP contribution in [0.4, 0.5) is 0 Å². The maximum absolute atomic E-state index is 2.35. The standard InChI is InChI=1S/C14H30N.FH/c1-3-5-6-8-12-15(11-4-2)13-9-7-10-14-15;/h3-14H2,1-2H3;1H/q+1;/p-1. The Hall–Kier alpha value is -0.110. The number of rotatable bonds is 7. The van der Waals surface area contributed by atoms with Gasteiger partial charge in [0.2, 0.25) is 0 Å². The van der Waals surface area contributed by atoms with Crippen molar-refractivity contribution in [2.45, 2.75) is 65.2 Å². The number of piperidine rings is 1. The van der Waals surface area contributed by atoms with Crippen LogP contribution in [0.3, 0.4) is 0 Å². The highest BCUT2D eigenvalue weighted by molar-refractivity contribution is 4.55. The molecule has 0 atom stereocenters. The van der Waals surface area contributed by atoms with Gasteiger partial charge in [-0.3, -0.25) is 0 Å². The Morgan fingerprint density at radius 1 is 0.750 bits per heavy atom. The molecule has 1 heterocycles. The fraction of sp³-hybridized carbons (Fsp3) is 1.00. The molecule has 0 aliphatic carbocycles. The van der Waals surface area contributed by atoms with E-state index in [0.717, 1.165) is 0 Å². The molecule has 0 radical (unpaired) electrons. The Morgan fingerprint density at radius 3 is 2.00 bits per heavy atom. The first-order valence-electron chi connectivity index (χ1n) is 7.18. The number of quaternary nitrogens is 1. The van der Waals surface area contributed by atoms with Crippen molar-refractivity contribution in [2.75, 3.05) is 26.2 Å². The molecule has 0 unspecified atom stereocenters. The summed E-state index contributed by atoms with van der Waals surface area (Å²) in [6, 6.07) is 0. The van der Waals surface area contributed by atoms with Gasteiger partial charge >= 0.3 is 0 Å². The van der Waals surface area contributed by atoms with Crippen LogP contribution in [0.15, 0.2) is 0 Å². The number of hydrogen-bond acceptors (Lipinski definition) is 0. The third kappa shape index (κ3) is 5.29. The highest BCUT2D eigenvalue weighted by Gasteiger charge is 2.27. The van der Waals surface area contributed by atoms with Crippen LogP contribution in [-0.2, 0) is 0 Å². The lowest BCUT2D eigenvalue weighted by Gasteiger charge is -2.41. The number of halogens is 1. The van der Waals surface area contributed by atoms with Gasteiger partial charge in [0.1, 0.15) is 0 Å². The van der Waals surface area contributed by atoms with Crippen LogP contribution in [0.5, 0.6) is 0 Å². The molecule has 1 fully saturated rings. The minimum Gasteiger partial charge on any atom is -1.00 e. The average Bonchev–Trinajstić information content (AvgIpc) is 2.26. The summed E-state index contributed by atoms with van der Waals surface area (Å²) in [5, 5.41) is 0. The van der Waals surface area contributed by atoms with Gasteiger partial charge in [-0.1, -0.05) is 26.7 Å². The molecule has 2 heteroatoms. The molecule has 0 bridgehead atoms. The number of likely N-dealkylation sites (tertiary alicyclic amines) is 1. The zero-order valence-electron chi connectivity index (χ0n) is 11.3. The normalized spacial score (nSPS) is 19.1. The van der Waals surface area contributed by atoms with Gasteiger partial charge in [-0.15, -0.1) is 0 Å². The van der Waals surface area contributed by atoms with Gasteiger partial charge in [0.25, 0.3) is 0 Å². The van der Waals surface area contributed by atoms with E-state index in [0.29, 0.717) is 0 Å². The third-order valence-corrected chi connectivity index (χ3v) is 3.95. The maximum Gasteiger partial charge on any atom is 0.0786 e. The number of unbranched alkanes of at least 4 members (excludes halogenated alkanes) is 3. The molecule has 16 heavy (non-hydrogen) atoms. The molecule has 1 aliphatic rings. The molecule has 98 valence electrons. The minimum absolute atomic E-state index is 0. The molecule has 1 aliphatic heterocycles. The lowest BCUT2D eigenvalue weighted by atomic mass is 10.1. The van der Waals surface area contributed by atoms with Gasteiger partial charge in [-0.25, -0.2) is 0 Å². The van der Waals surface area contributed by atoms with Crippen molar-refractivity contribution in [1.29, 1.82) is 0 Å². The molecule has 1 saturated heterocycles. The predicted molar refractivity (Wildman–Crippen MR) is 68.0 cm³/mol. The largest absolute Gasteiger partial charge is 1.00 e. The zero-order valence-corrected chi connectivity index (χ0v) is 11.3. The van der Waals surface area contributed by atoms with Crippen molar-refractivity contribution in [3.8, 4) is 0 Å². The fourth-order valence-electron chi connectivity index (χ4n) is 3.09. The van der Waals surface area contributed by atoms with E-state index < -0.39 is 0 Å². The third-order valence-electron chi connectivity index (χ3n) is 3.95. The van der Waals surface area contributed by atoms with Gasteiger partial charge in [0.15, 0.2) is 0 Å². The monoisotopic (exact) mass is 231 g/mol. The molecule has 0 amide bonds. The smallest absolute Gasteiger partial charge is 0.0786 e. The molecule has 0 saturated carbocycles. The zero-order chi connectivity index (χ0) is 11.0. The summed E-state index contributed by atoms with van der Waals surface area (Å²) in [7, 11) is 0. The van der Waals surface area contributed by atoms with Gasteiger partial charge in [-0.05, 0) is 38.5 Å². The highest BCUT2D eigenvalue weighted by atomic mass is 19.0. The van der Waals surface area contributed by atoms with Crippen molar-refractivity contribution in [1.82, 2.24) is 0 Å². The minimum atomic E-state index is 0. The molecule has 0 spiro atoms. The summed E-state index contributed by atoms with van der Waals surface area (Å²) in [5.74, 6) is 0. The summed E-state index contributed by atoms with van der Waals surface area (Å²) in [4.78, 5) is 0. The second-order valence-corrected chi connectivity index (χ2v) is 5.36. The quantitative estimate of drug-likeness (QED) is 0.453. The van der Waals surface area contributed by atoms with Crippen molar-refractivity contribution < 1.29 is 9.19 Å². The molecule has 0 aromatic rings. The lowest BCUT2D eigenvalue weighted by molar-refractivity contribution is -0.932. The molecular formula is C14H30FN. The van der Waals surface area contributed by atoms with Crippen molar-refractivity contribution in [3.63, 3.8) is 0 Å². The van der Waals surface area contributed by atoms with Crippen molar-refractivity contribution >= 4 is 0 Å². The maximum atomic E-state index is 2.35. The van der Waals surface area contributed by atoms with Gasteiger partial charge < -0.3 is 9.19 Å². The van der Waals surface area contributed by atoms with Crippen LogP contribution in [0.2, 0.25) is 0 Å². The number of nitrogens with zero attached hydrogens (tertiary/aromatic N) is 1. The van der Waals surface area contributed by atoms with Crippen LogP contribution < -0.4 is 4.70 Å². The Balaban J connectivity index is 0.00000225. The summed E-state index contributed by atoms with van der Waals surface area (Å²) >= 11 is 0. The van der Waals surface area contributed by atoms with Crippen molar-refractivity contribution in [3.05, 3.63) is 0 Å². The molecule has 1 rings (SSSR count). The second-order valence-electron chi connectivity index (χ2n) is 5.36. The molecule has 0 N–H and O–H groups in total. The number of hydrogen-bond donors (Lipinski definition) is 0. The van der Waals surface area contributed by atoms with E-state index in [4.69, 9.17) is 0 Å². The first-order chi connectivity index (χ1) is 7.33. The Bertz CT molecular complexity index is 147. The molecule has 0 aromatic heterocycles. The van der Waals surface area contributed by atoms with Gasteiger partial charge in [0.05, 0.1) is 26.2 Å². The molecule has 0 aromatic carbocycles. The fourth-order valence-corrected chi connectivity index (χ4v) is 3.09. The molecule has 1 nitrogen and oxygen atoms in total. The Morgan fingerprint density at radius 2 is 1.44 bits per heavy atom. The van der Waals surface area contributed by atoms with Crippen LogP contribution in [0, 0.1) is 0 Å². The summed E-state index contributed by atoms with van der Waals surface area (Å²) in [6.45, 7) is 10.5. The van der Waals surface area contributed by atoms with Gasteiger partial charge in [-0.2, -0.15) is 0 Å². The summed E-state index contributed by atoms with van der Waals surface area (Å²) in [5.41, 5.74) is 0. The first-order valence-corrected chi connectivity index (χ1v) is 7.18. The average molecular weight is 231 g/mol. The van der Waals surface area contributed by atoms with Crippen molar-refractivity contribution in [2.24, 2.45) is 0 Å². The Labute approximate surface area is 101 Å². The topological polar surface area (TPSA) is 0 Å². The second kappa shape index (κ2) is 8.98. The van der Waals surface area contributed by atoms with Gasteiger partial charge in [0, 0.05) is 0 Å². The van der Waals surface area contributed by atoms with E-state index in [1.54, 1.807) is 0 Å². The van der Waals surface area contributed by atoms with E-state index in [-0.39, 0.29) is 4.70 Å². The first kappa shape index (κ1) is 15.9. The van der Waals surface area contributed by atoms with Crippen LogP contribution in [-0.4, -0.2) is 30.7 Å². The van der Waals surface area contributed by atoms with E-state index in [1.165, 1.54) is 82.0 Å². The highest BCUT2D eigenvalue weighted by Crippen LogP contribution is 2.21. The van der Waals surface area contributed by atoms with Crippen LogP contribution in [0.25, 0.3) is 0 Å². The SMILES string of the molecule is CCCCCC[N+]1(CCC)CCCCC1.[F-]. The van der Waals surface area contributed by atoms with E-state index in [2.05, 4.69) is 13.8 Å². The molecular weight excluding hydrogens is 201 g/mol. The van der Waals surface area contributed by atoms with E-state index in [1.807, 2.05) is 0 Å². The Kier molecular flexibility index (Phi) is 8.91. The van der Waals surface area contributed by atoms with Crippen LogP contribution >= 0.6 is 0 Å². The van der Waals surface area contributed by atoms with E-state index >= 15 is 0 Å². The van der Waals surface area contributed by atoms with Crippen LogP contribution in [0.1, 0.15) is 65.2 Å². The predicted octanol–water partition coefficient (Wildman–Crippen LogP) is 0.981. The summed E-state index contributed by atoms with van der Waals surface area (Å²) in [6.07, 6.45) is 11.5.